The monoisotopic (exact) mass is 407 g/mol. The van der Waals surface area contributed by atoms with Gasteiger partial charge in [-0.2, -0.15) is 5.10 Å². The van der Waals surface area contributed by atoms with Gasteiger partial charge in [-0.1, -0.05) is 71.6 Å². The molecule has 0 unspecified atom stereocenters. The third kappa shape index (κ3) is 4.29. The number of nitrogens with zero attached hydrogens (tertiary/aromatic N) is 4. The minimum Gasteiger partial charge on any atom is -0.310 e. The summed E-state index contributed by atoms with van der Waals surface area (Å²) in [5, 5.41) is 16.6. The Morgan fingerprint density at radius 1 is 1.07 bits per heavy atom. The molecule has 0 bridgehead atoms. The maximum absolute atomic E-state index is 12.5. The number of thioether (sulfide) groups is 1. The number of amides is 1. The molecule has 1 amide bonds. The minimum absolute atomic E-state index is 0.116. The molecule has 0 fully saturated rings. The quantitative estimate of drug-likeness (QED) is 0.479. The average molecular weight is 408 g/mol. The van der Waals surface area contributed by atoms with E-state index < -0.39 is 0 Å². The van der Waals surface area contributed by atoms with E-state index in [2.05, 4.69) is 15.5 Å². The maximum Gasteiger partial charge on any atom is 0.235 e. The van der Waals surface area contributed by atoms with E-state index >= 15 is 0 Å². The summed E-state index contributed by atoms with van der Waals surface area (Å²) in [6, 6.07) is 21.5. The number of para-hydroxylation sites is 1. The van der Waals surface area contributed by atoms with Gasteiger partial charge in [0.05, 0.1) is 17.1 Å². The fraction of sp³-hybridized carbons (Fsp3) is 0.100. The van der Waals surface area contributed by atoms with Crippen LogP contribution >= 0.6 is 23.1 Å². The first-order valence-corrected chi connectivity index (χ1v) is 10.4. The smallest absolute Gasteiger partial charge is 0.235 e. The highest BCUT2D eigenvalue weighted by Crippen LogP contribution is 2.26. The van der Waals surface area contributed by atoms with Gasteiger partial charge in [0.25, 0.3) is 0 Å². The molecule has 0 aliphatic carbocycles. The van der Waals surface area contributed by atoms with Crippen molar-refractivity contribution in [2.24, 2.45) is 0 Å². The predicted molar refractivity (Wildman–Crippen MR) is 113 cm³/mol. The standard InChI is InChI=1S/C20H17N5OS2/c1-14-22-23-20(28-14)27-13-19(26)21-18-12-17(15-8-4-2-5-9-15)24-25(18)16-10-6-3-7-11-16/h2-12H,13H2,1H3,(H,21,26). The molecule has 1 N–H and O–H groups in total. The van der Waals surface area contributed by atoms with Crippen LogP contribution in [0.4, 0.5) is 5.82 Å². The molecule has 0 aliphatic heterocycles. The SMILES string of the molecule is Cc1nnc(SCC(=O)Nc2cc(-c3ccccc3)nn2-c2ccccc2)s1. The summed E-state index contributed by atoms with van der Waals surface area (Å²) in [6.07, 6.45) is 0. The highest BCUT2D eigenvalue weighted by atomic mass is 32.2. The van der Waals surface area contributed by atoms with Crippen molar-refractivity contribution in [2.75, 3.05) is 11.1 Å². The van der Waals surface area contributed by atoms with Gasteiger partial charge >= 0.3 is 0 Å². The lowest BCUT2D eigenvalue weighted by molar-refractivity contribution is -0.113. The number of aromatic nitrogens is 4. The van der Waals surface area contributed by atoms with Crippen LogP contribution in [-0.4, -0.2) is 31.6 Å². The summed E-state index contributed by atoms with van der Waals surface area (Å²) in [5.74, 6) is 0.772. The number of carbonyl (C=O) groups excluding carboxylic acids is 1. The van der Waals surface area contributed by atoms with Crippen LogP contribution in [0.25, 0.3) is 16.9 Å². The zero-order valence-corrected chi connectivity index (χ0v) is 16.7. The number of aryl methyl sites for hydroxylation is 1. The van der Waals surface area contributed by atoms with Gasteiger partial charge < -0.3 is 5.32 Å². The lowest BCUT2D eigenvalue weighted by atomic mass is 10.2. The molecular weight excluding hydrogens is 390 g/mol. The summed E-state index contributed by atoms with van der Waals surface area (Å²) in [6.45, 7) is 1.89. The average Bonchev–Trinajstić information content (AvgIpc) is 3.34. The van der Waals surface area contributed by atoms with E-state index in [1.807, 2.05) is 73.7 Å². The van der Waals surface area contributed by atoms with Crippen LogP contribution in [0.3, 0.4) is 0 Å². The molecule has 0 spiro atoms. The van der Waals surface area contributed by atoms with Crippen molar-refractivity contribution in [3.63, 3.8) is 0 Å². The minimum atomic E-state index is -0.116. The Morgan fingerprint density at radius 3 is 2.46 bits per heavy atom. The summed E-state index contributed by atoms with van der Waals surface area (Å²) >= 11 is 2.86. The lowest BCUT2D eigenvalue weighted by Crippen LogP contribution is -2.16. The molecule has 2 aromatic carbocycles. The number of nitrogens with one attached hydrogen (secondary N) is 1. The third-order valence-corrected chi connectivity index (χ3v) is 5.85. The third-order valence-electron chi connectivity index (χ3n) is 3.88. The van der Waals surface area contributed by atoms with Crippen LogP contribution in [0, 0.1) is 6.92 Å². The molecule has 0 saturated carbocycles. The van der Waals surface area contributed by atoms with Crippen molar-refractivity contribution in [2.45, 2.75) is 11.3 Å². The van der Waals surface area contributed by atoms with E-state index in [4.69, 9.17) is 5.10 Å². The summed E-state index contributed by atoms with van der Waals surface area (Å²) in [4.78, 5) is 12.5. The molecular formula is C20H17N5OS2. The van der Waals surface area contributed by atoms with Crippen molar-refractivity contribution < 1.29 is 4.79 Å². The summed E-state index contributed by atoms with van der Waals surface area (Å²) in [7, 11) is 0. The Hall–Kier alpha value is -2.97. The number of hydrogen-bond donors (Lipinski definition) is 1. The van der Waals surface area contributed by atoms with E-state index in [1.165, 1.54) is 23.1 Å². The van der Waals surface area contributed by atoms with Crippen molar-refractivity contribution >= 4 is 34.8 Å². The normalized spacial score (nSPS) is 10.8. The highest BCUT2D eigenvalue weighted by Gasteiger charge is 2.14. The summed E-state index contributed by atoms with van der Waals surface area (Å²) in [5.41, 5.74) is 2.67. The Bertz CT molecular complexity index is 1080. The highest BCUT2D eigenvalue weighted by molar-refractivity contribution is 8.01. The van der Waals surface area contributed by atoms with Gasteiger partial charge in [-0.15, -0.1) is 10.2 Å². The van der Waals surface area contributed by atoms with Crippen LogP contribution in [0.2, 0.25) is 0 Å². The predicted octanol–water partition coefficient (Wildman–Crippen LogP) is 4.43. The molecule has 8 heteroatoms. The van der Waals surface area contributed by atoms with E-state index in [-0.39, 0.29) is 11.7 Å². The van der Waals surface area contributed by atoms with Crippen LogP contribution in [-0.2, 0) is 4.79 Å². The molecule has 28 heavy (non-hydrogen) atoms. The number of hydrogen-bond acceptors (Lipinski definition) is 6. The molecule has 6 nitrogen and oxygen atoms in total. The number of carbonyl (C=O) groups is 1. The first-order valence-electron chi connectivity index (χ1n) is 8.63. The van der Waals surface area contributed by atoms with Gasteiger partial charge in [-0.05, 0) is 19.1 Å². The molecule has 0 saturated heterocycles. The number of anilines is 1. The molecule has 2 heterocycles. The van der Waals surface area contributed by atoms with Crippen molar-refractivity contribution in [1.82, 2.24) is 20.0 Å². The lowest BCUT2D eigenvalue weighted by Gasteiger charge is -2.08. The van der Waals surface area contributed by atoms with Gasteiger partial charge in [0, 0.05) is 11.6 Å². The number of rotatable bonds is 6. The van der Waals surface area contributed by atoms with Gasteiger partial charge in [0.2, 0.25) is 5.91 Å². The summed E-state index contributed by atoms with van der Waals surface area (Å²) < 4.78 is 2.54. The zero-order chi connectivity index (χ0) is 19.3. The van der Waals surface area contributed by atoms with Crippen LogP contribution < -0.4 is 5.32 Å². The topological polar surface area (TPSA) is 72.7 Å². The molecule has 4 rings (SSSR count). The molecule has 2 aromatic heterocycles. The Balaban J connectivity index is 1.57. The van der Waals surface area contributed by atoms with E-state index in [1.54, 1.807) is 4.68 Å². The van der Waals surface area contributed by atoms with Gasteiger partial charge in [-0.3, -0.25) is 4.79 Å². The second-order valence-electron chi connectivity index (χ2n) is 5.95. The Morgan fingerprint density at radius 2 is 1.79 bits per heavy atom. The second kappa shape index (κ2) is 8.37. The van der Waals surface area contributed by atoms with E-state index in [0.29, 0.717) is 5.82 Å². The Labute approximate surface area is 170 Å². The first-order chi connectivity index (χ1) is 13.7. The van der Waals surface area contributed by atoms with Crippen LogP contribution in [0.5, 0.6) is 0 Å². The zero-order valence-electron chi connectivity index (χ0n) is 15.1. The molecule has 0 radical (unpaired) electrons. The molecule has 0 aliphatic rings. The van der Waals surface area contributed by atoms with Crippen LogP contribution in [0.1, 0.15) is 5.01 Å². The van der Waals surface area contributed by atoms with Crippen molar-refractivity contribution in [3.8, 4) is 16.9 Å². The van der Waals surface area contributed by atoms with Gasteiger partial charge in [0.1, 0.15) is 10.8 Å². The van der Waals surface area contributed by atoms with Crippen molar-refractivity contribution in [3.05, 3.63) is 71.7 Å². The largest absolute Gasteiger partial charge is 0.310 e. The fourth-order valence-corrected chi connectivity index (χ4v) is 4.24. The molecule has 4 aromatic rings. The first kappa shape index (κ1) is 18.4. The maximum atomic E-state index is 12.5. The van der Waals surface area contributed by atoms with E-state index in [0.717, 1.165) is 26.3 Å². The molecule has 0 atom stereocenters. The fourth-order valence-electron chi connectivity index (χ4n) is 2.63. The van der Waals surface area contributed by atoms with E-state index in [9.17, 15) is 4.79 Å². The van der Waals surface area contributed by atoms with Gasteiger partial charge in [0.15, 0.2) is 4.34 Å². The van der Waals surface area contributed by atoms with Crippen molar-refractivity contribution in [1.29, 1.82) is 0 Å². The number of benzene rings is 2. The second-order valence-corrected chi connectivity index (χ2v) is 8.36. The molecule has 140 valence electrons. The van der Waals surface area contributed by atoms with Gasteiger partial charge in [-0.25, -0.2) is 4.68 Å². The Kier molecular flexibility index (Phi) is 5.50. The van der Waals surface area contributed by atoms with Crippen LogP contribution in [0.15, 0.2) is 71.1 Å².